The molecule has 1 aromatic rings. The number of imide groups is 2. The van der Waals surface area contributed by atoms with Crippen LogP contribution in [0.15, 0.2) is 30.3 Å². The van der Waals surface area contributed by atoms with E-state index >= 15 is 0 Å². The fourth-order valence-electron chi connectivity index (χ4n) is 2.73. The van der Waals surface area contributed by atoms with Crippen molar-refractivity contribution >= 4 is 29.8 Å². The van der Waals surface area contributed by atoms with Crippen LogP contribution in [0.25, 0.3) is 0 Å². The molecule has 3 rings (SSSR count). The first-order valence-corrected chi connectivity index (χ1v) is 8.07. The van der Waals surface area contributed by atoms with Crippen LogP contribution in [-0.4, -0.2) is 45.8 Å². The molecule has 0 bridgehead atoms. The van der Waals surface area contributed by atoms with E-state index in [1.54, 1.807) is 24.3 Å². The van der Waals surface area contributed by atoms with Gasteiger partial charge in [-0.05, 0) is 12.0 Å². The Labute approximate surface area is 148 Å². The van der Waals surface area contributed by atoms with Gasteiger partial charge in [-0.1, -0.05) is 30.3 Å². The van der Waals surface area contributed by atoms with Crippen molar-refractivity contribution in [3.8, 4) is 0 Å². The minimum Gasteiger partial charge on any atom is -0.444 e. The first kappa shape index (κ1) is 17.6. The van der Waals surface area contributed by atoms with Crippen LogP contribution >= 0.6 is 0 Å². The van der Waals surface area contributed by atoms with Crippen LogP contribution in [0.5, 0.6) is 0 Å². The minimum absolute atomic E-state index is 0.0360. The Bertz CT molecular complexity index is 746. The number of hydrogen-bond acceptors (Lipinski definition) is 7. The SMILES string of the molecule is O=C(ON1C(=O)CCC1=O)[C@@H]1CCC(=O)N1C(=O)OCc1ccccc1. The maximum Gasteiger partial charge on any atom is 0.417 e. The minimum atomic E-state index is -1.23. The third-order valence-corrected chi connectivity index (χ3v) is 4.07. The van der Waals surface area contributed by atoms with Crippen molar-refractivity contribution in [2.45, 2.75) is 38.3 Å². The van der Waals surface area contributed by atoms with E-state index in [2.05, 4.69) is 0 Å². The van der Waals surface area contributed by atoms with Crippen LogP contribution in [-0.2, 0) is 35.4 Å². The van der Waals surface area contributed by atoms with E-state index in [-0.39, 0.29) is 32.3 Å². The predicted octanol–water partition coefficient (Wildman–Crippen LogP) is 0.921. The van der Waals surface area contributed by atoms with Crippen LogP contribution in [0.1, 0.15) is 31.2 Å². The predicted molar refractivity (Wildman–Crippen MR) is 83.7 cm³/mol. The van der Waals surface area contributed by atoms with E-state index in [0.717, 1.165) is 5.56 Å². The summed E-state index contributed by atoms with van der Waals surface area (Å²) in [5, 5.41) is 0.388. The van der Waals surface area contributed by atoms with Crippen molar-refractivity contribution in [3.05, 3.63) is 35.9 Å². The van der Waals surface area contributed by atoms with Crippen LogP contribution in [0.4, 0.5) is 4.79 Å². The molecule has 0 aliphatic carbocycles. The molecule has 2 aliphatic rings. The first-order chi connectivity index (χ1) is 12.5. The number of hydrogen-bond donors (Lipinski definition) is 0. The van der Waals surface area contributed by atoms with Crippen LogP contribution in [0.2, 0.25) is 0 Å². The van der Waals surface area contributed by atoms with Gasteiger partial charge in [-0.2, -0.15) is 0 Å². The molecule has 1 atom stereocenters. The summed E-state index contributed by atoms with van der Waals surface area (Å²) in [5.41, 5.74) is 0.722. The van der Waals surface area contributed by atoms with Crippen molar-refractivity contribution in [2.24, 2.45) is 0 Å². The summed E-state index contributed by atoms with van der Waals surface area (Å²) in [6.45, 7) is -0.0612. The lowest BCUT2D eigenvalue weighted by Gasteiger charge is -2.22. The molecule has 9 heteroatoms. The summed E-state index contributed by atoms with van der Waals surface area (Å²) in [5.74, 6) is -2.86. The van der Waals surface area contributed by atoms with Crippen LogP contribution < -0.4 is 0 Å². The molecule has 2 aliphatic heterocycles. The lowest BCUT2D eigenvalue weighted by atomic mass is 10.2. The van der Waals surface area contributed by atoms with Crippen LogP contribution in [0.3, 0.4) is 0 Å². The summed E-state index contributed by atoms with van der Waals surface area (Å²) in [4.78, 5) is 65.0. The number of amides is 4. The van der Waals surface area contributed by atoms with Gasteiger partial charge in [-0.3, -0.25) is 14.4 Å². The quantitative estimate of drug-likeness (QED) is 0.734. The van der Waals surface area contributed by atoms with Crippen molar-refractivity contribution in [1.82, 2.24) is 9.96 Å². The van der Waals surface area contributed by atoms with Gasteiger partial charge in [0.05, 0.1) is 0 Å². The standard InChI is InChI=1S/C17H16N2O7/c20-13-7-6-12(16(23)26-19-14(21)8-9-15(19)22)18(13)17(24)25-10-11-4-2-1-3-5-11/h1-5,12H,6-10H2/t12-/m0/s1. The number of carbonyl (C=O) groups excluding carboxylic acids is 5. The van der Waals surface area contributed by atoms with E-state index in [4.69, 9.17) is 9.57 Å². The molecule has 136 valence electrons. The number of ether oxygens (including phenoxy) is 1. The normalized spacial score (nSPS) is 19.8. The molecule has 26 heavy (non-hydrogen) atoms. The maximum absolute atomic E-state index is 12.3. The molecule has 0 saturated carbocycles. The summed E-state index contributed by atoms with van der Waals surface area (Å²) in [6.07, 6.45) is -1.06. The van der Waals surface area contributed by atoms with Gasteiger partial charge in [0.1, 0.15) is 12.6 Å². The number of hydroxylamine groups is 2. The zero-order valence-electron chi connectivity index (χ0n) is 13.8. The molecule has 9 nitrogen and oxygen atoms in total. The van der Waals surface area contributed by atoms with Gasteiger partial charge in [0.2, 0.25) is 5.91 Å². The highest BCUT2D eigenvalue weighted by atomic mass is 16.7. The second kappa shape index (κ2) is 7.34. The Balaban J connectivity index is 1.64. The molecule has 0 N–H and O–H groups in total. The van der Waals surface area contributed by atoms with Gasteiger partial charge >= 0.3 is 12.1 Å². The third kappa shape index (κ3) is 3.56. The fourth-order valence-corrected chi connectivity index (χ4v) is 2.73. The lowest BCUT2D eigenvalue weighted by Crippen LogP contribution is -2.46. The van der Waals surface area contributed by atoms with Gasteiger partial charge in [-0.15, -0.1) is 5.06 Å². The van der Waals surface area contributed by atoms with E-state index < -0.39 is 35.8 Å². The number of nitrogens with zero attached hydrogens (tertiary/aromatic N) is 2. The molecule has 2 saturated heterocycles. The molecule has 2 fully saturated rings. The zero-order valence-corrected chi connectivity index (χ0v) is 13.8. The Kier molecular flexibility index (Phi) is 4.97. The second-order valence-electron chi connectivity index (χ2n) is 5.85. The van der Waals surface area contributed by atoms with Gasteiger partial charge in [0.15, 0.2) is 0 Å². The van der Waals surface area contributed by atoms with Crippen molar-refractivity contribution in [1.29, 1.82) is 0 Å². The molecule has 0 radical (unpaired) electrons. The van der Waals surface area contributed by atoms with Gasteiger partial charge in [0, 0.05) is 19.3 Å². The second-order valence-corrected chi connectivity index (χ2v) is 5.85. The van der Waals surface area contributed by atoms with E-state index in [1.165, 1.54) is 0 Å². The van der Waals surface area contributed by atoms with Crippen molar-refractivity contribution in [3.63, 3.8) is 0 Å². The number of carbonyl (C=O) groups is 5. The van der Waals surface area contributed by atoms with Crippen LogP contribution in [0, 0.1) is 0 Å². The summed E-state index contributed by atoms with van der Waals surface area (Å²) < 4.78 is 5.09. The Morgan fingerprint density at radius 2 is 1.62 bits per heavy atom. The van der Waals surface area contributed by atoms with E-state index in [1.807, 2.05) is 6.07 Å². The third-order valence-electron chi connectivity index (χ3n) is 4.07. The summed E-state index contributed by atoms with van der Waals surface area (Å²) in [7, 11) is 0. The van der Waals surface area contributed by atoms with Gasteiger partial charge < -0.3 is 9.57 Å². The highest BCUT2D eigenvalue weighted by molar-refractivity contribution is 6.03. The van der Waals surface area contributed by atoms with Gasteiger partial charge in [-0.25, -0.2) is 14.5 Å². The molecular formula is C17H16N2O7. The monoisotopic (exact) mass is 360 g/mol. The lowest BCUT2D eigenvalue weighted by molar-refractivity contribution is -0.200. The highest BCUT2D eigenvalue weighted by Crippen LogP contribution is 2.23. The molecule has 1 aromatic carbocycles. The molecular weight excluding hydrogens is 344 g/mol. The Morgan fingerprint density at radius 3 is 2.27 bits per heavy atom. The first-order valence-electron chi connectivity index (χ1n) is 8.07. The number of benzene rings is 1. The van der Waals surface area contributed by atoms with Crippen molar-refractivity contribution < 1.29 is 33.5 Å². The summed E-state index contributed by atoms with van der Waals surface area (Å²) in [6, 6.07) is 7.61. The largest absolute Gasteiger partial charge is 0.444 e. The van der Waals surface area contributed by atoms with Crippen molar-refractivity contribution in [2.75, 3.05) is 0 Å². The average Bonchev–Trinajstić information content (AvgIpc) is 3.17. The highest BCUT2D eigenvalue weighted by Gasteiger charge is 2.44. The topological polar surface area (TPSA) is 110 Å². The smallest absolute Gasteiger partial charge is 0.417 e. The molecule has 0 spiro atoms. The zero-order chi connectivity index (χ0) is 18.7. The fraction of sp³-hybridized carbons (Fsp3) is 0.353. The molecule has 0 aromatic heterocycles. The average molecular weight is 360 g/mol. The van der Waals surface area contributed by atoms with E-state index in [0.29, 0.717) is 9.96 Å². The maximum atomic E-state index is 12.3. The Hall–Kier alpha value is -3.23. The van der Waals surface area contributed by atoms with Gasteiger partial charge in [0.25, 0.3) is 11.8 Å². The van der Waals surface area contributed by atoms with E-state index in [9.17, 15) is 24.0 Å². The molecule has 2 heterocycles. The molecule has 0 unspecified atom stereocenters. The number of likely N-dealkylation sites (tertiary alicyclic amines) is 1. The number of rotatable bonds is 4. The molecule has 4 amide bonds. The summed E-state index contributed by atoms with van der Waals surface area (Å²) >= 11 is 0. The Morgan fingerprint density at radius 1 is 0.962 bits per heavy atom.